The fourth-order valence-corrected chi connectivity index (χ4v) is 1.10. The van der Waals surface area contributed by atoms with Crippen LogP contribution < -0.4 is 5.32 Å². The number of pyridine rings is 1. The van der Waals surface area contributed by atoms with Gasteiger partial charge in [0.1, 0.15) is 0 Å². The summed E-state index contributed by atoms with van der Waals surface area (Å²) >= 11 is 0. The maximum absolute atomic E-state index is 8.54. The van der Waals surface area contributed by atoms with Gasteiger partial charge in [-0.1, -0.05) is 6.07 Å². The average Bonchev–Trinajstić information content (AvgIpc) is 2.19. The molecule has 0 radical (unpaired) electrons. The Bertz CT molecular complexity index is 213. The highest BCUT2D eigenvalue weighted by Crippen LogP contribution is 1.94. The van der Waals surface area contributed by atoms with E-state index in [1.165, 1.54) is 5.56 Å². The highest BCUT2D eigenvalue weighted by Gasteiger charge is 1.90. The summed E-state index contributed by atoms with van der Waals surface area (Å²) in [5.74, 6) is 0. The molecule has 0 bridgehead atoms. The summed E-state index contributed by atoms with van der Waals surface area (Å²) < 4.78 is 0. The second kappa shape index (κ2) is 6.57. The average molecular weight is 180 g/mol. The van der Waals surface area contributed by atoms with Gasteiger partial charge in [0.2, 0.25) is 0 Å². The molecule has 0 aliphatic rings. The molecule has 1 heterocycles. The van der Waals surface area contributed by atoms with Crippen LogP contribution in [0.2, 0.25) is 0 Å². The van der Waals surface area contributed by atoms with E-state index in [-0.39, 0.29) is 6.61 Å². The van der Waals surface area contributed by atoms with Crippen molar-refractivity contribution in [1.29, 1.82) is 0 Å². The molecule has 2 N–H and O–H groups in total. The molecule has 0 saturated heterocycles. The summed E-state index contributed by atoms with van der Waals surface area (Å²) in [6.45, 7) is 2.10. The third-order valence-corrected chi connectivity index (χ3v) is 1.81. The lowest BCUT2D eigenvalue weighted by atomic mass is 10.2. The van der Waals surface area contributed by atoms with E-state index in [2.05, 4.69) is 10.3 Å². The Morgan fingerprint density at radius 1 is 1.38 bits per heavy atom. The van der Waals surface area contributed by atoms with Crippen LogP contribution in [0.3, 0.4) is 0 Å². The van der Waals surface area contributed by atoms with Gasteiger partial charge in [0.05, 0.1) is 0 Å². The maximum atomic E-state index is 8.54. The molecule has 0 unspecified atom stereocenters. The lowest BCUT2D eigenvalue weighted by Gasteiger charge is -2.02. The van der Waals surface area contributed by atoms with E-state index in [0.29, 0.717) is 0 Å². The molecule has 0 fully saturated rings. The minimum absolute atomic E-state index is 0.286. The third-order valence-electron chi connectivity index (χ3n) is 1.81. The van der Waals surface area contributed by atoms with Crippen molar-refractivity contribution in [1.82, 2.24) is 10.3 Å². The van der Waals surface area contributed by atoms with Crippen LogP contribution in [0.25, 0.3) is 0 Å². The SMILES string of the molecule is OCCCCNCc1cccnc1. The molecule has 0 spiro atoms. The van der Waals surface area contributed by atoms with Crippen LogP contribution in [0.5, 0.6) is 0 Å². The molecule has 1 rings (SSSR count). The standard InChI is InChI=1S/C10H16N2O/c13-7-2-1-5-11-8-10-4-3-6-12-9-10/h3-4,6,9,11,13H,1-2,5,7-8H2. The van der Waals surface area contributed by atoms with Gasteiger partial charge in [-0.15, -0.1) is 0 Å². The van der Waals surface area contributed by atoms with Crippen LogP contribution in [-0.4, -0.2) is 23.2 Å². The highest BCUT2D eigenvalue weighted by molar-refractivity contribution is 5.07. The maximum Gasteiger partial charge on any atom is 0.0431 e. The molecule has 0 aliphatic heterocycles. The first-order valence-electron chi connectivity index (χ1n) is 4.64. The first-order valence-corrected chi connectivity index (χ1v) is 4.64. The number of nitrogens with zero attached hydrogens (tertiary/aromatic N) is 1. The predicted octanol–water partition coefficient (Wildman–Crippen LogP) is 0.944. The van der Waals surface area contributed by atoms with E-state index >= 15 is 0 Å². The van der Waals surface area contributed by atoms with Crippen molar-refractivity contribution in [3.8, 4) is 0 Å². The topological polar surface area (TPSA) is 45.1 Å². The second-order valence-electron chi connectivity index (χ2n) is 2.97. The first kappa shape index (κ1) is 10.2. The van der Waals surface area contributed by atoms with Gasteiger partial charge in [-0.05, 0) is 31.0 Å². The third kappa shape index (κ3) is 4.60. The Kier molecular flexibility index (Phi) is 5.13. The molecule has 0 aromatic carbocycles. The molecule has 0 amide bonds. The zero-order valence-electron chi connectivity index (χ0n) is 7.74. The Hall–Kier alpha value is -0.930. The van der Waals surface area contributed by atoms with E-state index in [4.69, 9.17) is 5.11 Å². The van der Waals surface area contributed by atoms with Crippen LogP contribution in [0.4, 0.5) is 0 Å². The number of nitrogens with one attached hydrogen (secondary N) is 1. The molecular formula is C10H16N2O. The summed E-state index contributed by atoms with van der Waals surface area (Å²) in [5, 5.41) is 11.8. The molecule has 0 saturated carbocycles. The van der Waals surface area contributed by atoms with Gasteiger partial charge in [-0.2, -0.15) is 0 Å². The Balaban J connectivity index is 2.07. The molecular weight excluding hydrogens is 164 g/mol. The number of hydrogen-bond donors (Lipinski definition) is 2. The predicted molar refractivity (Wildman–Crippen MR) is 52.3 cm³/mol. The summed E-state index contributed by atoms with van der Waals surface area (Å²) in [5.41, 5.74) is 1.20. The molecule has 1 aromatic rings. The largest absolute Gasteiger partial charge is 0.396 e. The lowest BCUT2D eigenvalue weighted by Crippen LogP contribution is -2.14. The van der Waals surface area contributed by atoms with E-state index in [1.807, 2.05) is 18.3 Å². The number of aliphatic hydroxyl groups excluding tert-OH is 1. The zero-order valence-corrected chi connectivity index (χ0v) is 7.74. The van der Waals surface area contributed by atoms with E-state index < -0.39 is 0 Å². The van der Waals surface area contributed by atoms with Crippen molar-refractivity contribution in [3.63, 3.8) is 0 Å². The molecule has 3 nitrogen and oxygen atoms in total. The fourth-order valence-electron chi connectivity index (χ4n) is 1.10. The summed E-state index contributed by atoms with van der Waals surface area (Å²) in [4.78, 5) is 4.02. The van der Waals surface area contributed by atoms with Crippen molar-refractivity contribution in [2.45, 2.75) is 19.4 Å². The van der Waals surface area contributed by atoms with Crippen LogP contribution >= 0.6 is 0 Å². The van der Waals surface area contributed by atoms with Gasteiger partial charge in [0, 0.05) is 25.5 Å². The quantitative estimate of drug-likeness (QED) is 0.640. The Labute approximate surface area is 78.8 Å². The summed E-state index contributed by atoms with van der Waals surface area (Å²) in [6.07, 6.45) is 5.53. The number of unbranched alkanes of at least 4 members (excludes halogenated alkanes) is 1. The smallest absolute Gasteiger partial charge is 0.0431 e. The number of aliphatic hydroxyl groups is 1. The molecule has 0 aliphatic carbocycles. The van der Waals surface area contributed by atoms with Gasteiger partial charge < -0.3 is 10.4 Å². The van der Waals surface area contributed by atoms with Gasteiger partial charge >= 0.3 is 0 Å². The Morgan fingerprint density at radius 3 is 3.00 bits per heavy atom. The minimum atomic E-state index is 0.286. The second-order valence-corrected chi connectivity index (χ2v) is 2.97. The zero-order chi connectivity index (χ0) is 9.36. The monoisotopic (exact) mass is 180 g/mol. The van der Waals surface area contributed by atoms with Crippen molar-refractivity contribution in [3.05, 3.63) is 30.1 Å². The van der Waals surface area contributed by atoms with Crippen molar-refractivity contribution < 1.29 is 5.11 Å². The van der Waals surface area contributed by atoms with Gasteiger partial charge in [0.25, 0.3) is 0 Å². The van der Waals surface area contributed by atoms with Crippen LogP contribution in [0.1, 0.15) is 18.4 Å². The van der Waals surface area contributed by atoms with Crippen LogP contribution in [0, 0.1) is 0 Å². The van der Waals surface area contributed by atoms with E-state index in [1.54, 1.807) is 6.20 Å². The van der Waals surface area contributed by atoms with Gasteiger partial charge in [-0.25, -0.2) is 0 Å². The van der Waals surface area contributed by atoms with E-state index in [0.717, 1.165) is 25.9 Å². The van der Waals surface area contributed by atoms with Crippen LogP contribution in [0.15, 0.2) is 24.5 Å². The summed E-state index contributed by atoms with van der Waals surface area (Å²) in [6, 6.07) is 3.98. The highest BCUT2D eigenvalue weighted by atomic mass is 16.2. The minimum Gasteiger partial charge on any atom is -0.396 e. The molecule has 0 atom stereocenters. The number of aromatic nitrogens is 1. The normalized spacial score (nSPS) is 10.2. The van der Waals surface area contributed by atoms with Gasteiger partial charge in [-0.3, -0.25) is 4.98 Å². The molecule has 13 heavy (non-hydrogen) atoms. The van der Waals surface area contributed by atoms with E-state index in [9.17, 15) is 0 Å². The number of hydrogen-bond acceptors (Lipinski definition) is 3. The number of rotatable bonds is 6. The molecule has 3 heteroatoms. The van der Waals surface area contributed by atoms with Crippen LogP contribution in [-0.2, 0) is 6.54 Å². The van der Waals surface area contributed by atoms with Crippen molar-refractivity contribution in [2.75, 3.05) is 13.2 Å². The molecule has 1 aromatic heterocycles. The van der Waals surface area contributed by atoms with Crippen molar-refractivity contribution in [2.24, 2.45) is 0 Å². The van der Waals surface area contributed by atoms with Crippen molar-refractivity contribution >= 4 is 0 Å². The first-order chi connectivity index (χ1) is 6.43. The fraction of sp³-hybridized carbons (Fsp3) is 0.500. The molecule has 72 valence electrons. The Morgan fingerprint density at radius 2 is 2.31 bits per heavy atom. The van der Waals surface area contributed by atoms with Gasteiger partial charge in [0.15, 0.2) is 0 Å². The lowest BCUT2D eigenvalue weighted by molar-refractivity contribution is 0.283. The summed E-state index contributed by atoms with van der Waals surface area (Å²) in [7, 11) is 0.